The van der Waals surface area contributed by atoms with E-state index in [1.54, 1.807) is 35.0 Å². The van der Waals surface area contributed by atoms with E-state index in [1.165, 1.54) is 6.20 Å². The smallest absolute Gasteiger partial charge is 0.257 e. The fourth-order valence-corrected chi connectivity index (χ4v) is 4.30. The number of nitrogens with zero attached hydrogens (tertiary/aromatic N) is 2. The summed E-state index contributed by atoms with van der Waals surface area (Å²) >= 11 is 0. The van der Waals surface area contributed by atoms with Crippen LogP contribution in [0, 0.1) is 0 Å². The Bertz CT molecular complexity index is 1500. The van der Waals surface area contributed by atoms with Crippen LogP contribution < -0.4 is 25.5 Å². The van der Waals surface area contributed by atoms with E-state index in [-0.39, 0.29) is 31.2 Å². The first-order chi connectivity index (χ1) is 18.0. The molecule has 0 spiro atoms. The molecular formula is C28H26N4O5. The molecule has 3 heterocycles. The van der Waals surface area contributed by atoms with Crippen LogP contribution in [0.25, 0.3) is 10.9 Å². The second-order valence-electron chi connectivity index (χ2n) is 8.64. The third kappa shape index (κ3) is 5.16. The molecule has 9 nitrogen and oxygen atoms in total. The maximum absolute atomic E-state index is 13.4. The molecule has 2 N–H and O–H groups in total. The molecule has 1 aliphatic rings. The number of hydrogen-bond donors (Lipinski definition) is 2. The lowest BCUT2D eigenvalue weighted by Gasteiger charge is -2.19. The predicted octanol–water partition coefficient (Wildman–Crippen LogP) is 2.80. The van der Waals surface area contributed by atoms with Crippen molar-refractivity contribution in [3.05, 3.63) is 100 Å². The second-order valence-corrected chi connectivity index (χ2v) is 8.64. The van der Waals surface area contributed by atoms with Gasteiger partial charge in [0, 0.05) is 31.4 Å². The zero-order valence-electron chi connectivity index (χ0n) is 20.3. The fraction of sp³-hybridized carbons (Fsp3) is 0.214. The third-order valence-electron chi connectivity index (χ3n) is 6.23. The van der Waals surface area contributed by atoms with Crippen molar-refractivity contribution < 1.29 is 19.1 Å². The zero-order chi connectivity index (χ0) is 25.8. The van der Waals surface area contributed by atoms with Crippen LogP contribution in [0.3, 0.4) is 0 Å². The van der Waals surface area contributed by atoms with Gasteiger partial charge in [-0.3, -0.25) is 19.4 Å². The molecular weight excluding hydrogens is 472 g/mol. The molecule has 0 radical (unpaired) electrons. The number of hydrogen-bond acceptors (Lipinski definition) is 6. The minimum absolute atomic E-state index is 0.0520. The summed E-state index contributed by atoms with van der Waals surface area (Å²) < 4.78 is 12.7. The van der Waals surface area contributed by atoms with Gasteiger partial charge in [0.25, 0.3) is 5.91 Å². The molecule has 2 aromatic carbocycles. The summed E-state index contributed by atoms with van der Waals surface area (Å²) in [5.41, 5.74) is 1.71. The summed E-state index contributed by atoms with van der Waals surface area (Å²) in [5, 5.41) is 5.97. The topological polar surface area (TPSA) is 112 Å². The van der Waals surface area contributed by atoms with Gasteiger partial charge in [0.2, 0.25) is 18.1 Å². The molecule has 4 aromatic rings. The number of nitrogens with one attached hydrogen (secondary N) is 2. The second kappa shape index (κ2) is 10.5. The van der Waals surface area contributed by atoms with Crippen LogP contribution in [0.1, 0.15) is 28.5 Å². The molecule has 0 fully saturated rings. The molecule has 2 aromatic heterocycles. The Kier molecular flexibility index (Phi) is 6.85. The van der Waals surface area contributed by atoms with Crippen LogP contribution in [0.2, 0.25) is 0 Å². The SMILES string of the molecule is CCn1cc(C(=O)N[C@@H](Cc2ccccc2)C(=O)NCc2ccccn2)c(=O)c2cc3c(cc21)OCO3. The van der Waals surface area contributed by atoms with Crippen molar-refractivity contribution in [1.82, 2.24) is 20.2 Å². The Hall–Kier alpha value is -4.66. The van der Waals surface area contributed by atoms with Gasteiger partial charge in [0.05, 0.1) is 23.1 Å². The largest absolute Gasteiger partial charge is 0.454 e. The van der Waals surface area contributed by atoms with E-state index in [0.29, 0.717) is 34.6 Å². The number of aryl methyl sites for hydroxylation is 1. The highest BCUT2D eigenvalue weighted by atomic mass is 16.7. The average Bonchev–Trinajstić information content (AvgIpc) is 3.39. The molecule has 188 valence electrons. The molecule has 0 unspecified atom stereocenters. The van der Waals surface area contributed by atoms with E-state index < -0.39 is 17.4 Å². The highest BCUT2D eigenvalue weighted by molar-refractivity contribution is 6.00. The molecule has 0 saturated carbocycles. The molecule has 0 saturated heterocycles. The lowest BCUT2D eigenvalue weighted by Crippen LogP contribution is -2.48. The Morgan fingerprint density at radius 1 is 1.05 bits per heavy atom. The summed E-state index contributed by atoms with van der Waals surface area (Å²) in [4.78, 5) is 44.2. The van der Waals surface area contributed by atoms with Crippen LogP contribution in [0.5, 0.6) is 11.5 Å². The Morgan fingerprint density at radius 2 is 1.81 bits per heavy atom. The first-order valence-electron chi connectivity index (χ1n) is 12.0. The van der Waals surface area contributed by atoms with E-state index in [0.717, 1.165) is 5.56 Å². The van der Waals surface area contributed by atoms with E-state index in [4.69, 9.17) is 9.47 Å². The number of amides is 2. The molecule has 2 amide bonds. The average molecular weight is 499 g/mol. The van der Waals surface area contributed by atoms with Gasteiger partial charge < -0.3 is 24.7 Å². The Labute approximate surface area is 213 Å². The van der Waals surface area contributed by atoms with Crippen molar-refractivity contribution in [3.8, 4) is 11.5 Å². The number of carbonyl (C=O) groups excluding carboxylic acids is 2. The van der Waals surface area contributed by atoms with Crippen molar-refractivity contribution in [2.75, 3.05) is 6.79 Å². The first kappa shape index (κ1) is 24.1. The van der Waals surface area contributed by atoms with Gasteiger partial charge in [-0.15, -0.1) is 0 Å². The molecule has 37 heavy (non-hydrogen) atoms. The van der Waals surface area contributed by atoms with E-state index in [9.17, 15) is 14.4 Å². The number of carbonyl (C=O) groups is 2. The third-order valence-corrected chi connectivity index (χ3v) is 6.23. The number of pyridine rings is 2. The molecule has 0 bridgehead atoms. The summed E-state index contributed by atoms with van der Waals surface area (Å²) in [6.07, 6.45) is 3.43. The zero-order valence-corrected chi connectivity index (χ0v) is 20.3. The van der Waals surface area contributed by atoms with E-state index in [2.05, 4.69) is 15.6 Å². The molecule has 0 aliphatic carbocycles. The molecule has 9 heteroatoms. The molecule has 1 atom stereocenters. The summed E-state index contributed by atoms with van der Waals surface area (Å²) in [6, 6.07) is 17.3. The lowest BCUT2D eigenvalue weighted by molar-refractivity contribution is -0.123. The van der Waals surface area contributed by atoms with Crippen molar-refractivity contribution in [3.63, 3.8) is 0 Å². The van der Waals surface area contributed by atoms with Crippen molar-refractivity contribution in [2.24, 2.45) is 0 Å². The summed E-state index contributed by atoms with van der Waals surface area (Å²) in [7, 11) is 0. The van der Waals surface area contributed by atoms with Gasteiger partial charge in [-0.1, -0.05) is 36.4 Å². The van der Waals surface area contributed by atoms with Gasteiger partial charge in [-0.25, -0.2) is 0 Å². The lowest BCUT2D eigenvalue weighted by atomic mass is 10.0. The quantitative estimate of drug-likeness (QED) is 0.387. The number of ether oxygens (including phenoxy) is 2. The fourth-order valence-electron chi connectivity index (χ4n) is 4.30. The molecule has 1 aliphatic heterocycles. The maximum atomic E-state index is 13.4. The van der Waals surface area contributed by atoms with E-state index in [1.807, 2.05) is 43.3 Å². The van der Waals surface area contributed by atoms with Crippen LogP contribution in [0.15, 0.2) is 77.9 Å². The highest BCUT2D eigenvalue weighted by Gasteiger charge is 2.25. The number of aromatic nitrogens is 2. The van der Waals surface area contributed by atoms with Gasteiger partial charge >= 0.3 is 0 Å². The summed E-state index contributed by atoms with van der Waals surface area (Å²) in [6.45, 7) is 2.73. The van der Waals surface area contributed by atoms with Crippen molar-refractivity contribution in [2.45, 2.75) is 32.5 Å². The summed E-state index contributed by atoms with van der Waals surface area (Å²) in [5.74, 6) is 0.0167. The Morgan fingerprint density at radius 3 is 2.54 bits per heavy atom. The van der Waals surface area contributed by atoms with Crippen molar-refractivity contribution >= 4 is 22.7 Å². The van der Waals surface area contributed by atoms with Crippen LogP contribution >= 0.6 is 0 Å². The van der Waals surface area contributed by atoms with Crippen molar-refractivity contribution in [1.29, 1.82) is 0 Å². The predicted molar refractivity (Wildman–Crippen MR) is 137 cm³/mol. The van der Waals surface area contributed by atoms with Gasteiger partial charge in [0.1, 0.15) is 11.6 Å². The van der Waals surface area contributed by atoms with Crippen LogP contribution in [0.4, 0.5) is 0 Å². The van der Waals surface area contributed by atoms with Gasteiger partial charge in [-0.05, 0) is 30.7 Å². The monoisotopic (exact) mass is 498 g/mol. The van der Waals surface area contributed by atoms with Crippen LogP contribution in [-0.4, -0.2) is 34.2 Å². The maximum Gasteiger partial charge on any atom is 0.257 e. The number of fused-ring (bicyclic) bond motifs is 2. The minimum atomic E-state index is -0.902. The highest BCUT2D eigenvalue weighted by Crippen LogP contribution is 2.35. The standard InChI is InChI=1S/C28H26N4O5/c1-2-32-16-21(26(33)20-13-24-25(14-23(20)32)37-17-36-24)27(34)31-22(12-18-8-4-3-5-9-18)28(35)30-15-19-10-6-7-11-29-19/h3-11,13-14,16,22H,2,12,15,17H2,1H3,(H,30,35)(H,31,34)/t22-/m0/s1. The number of rotatable bonds is 8. The van der Waals surface area contributed by atoms with Gasteiger partial charge in [-0.2, -0.15) is 0 Å². The number of benzene rings is 2. The molecule has 5 rings (SSSR count). The normalized spacial score (nSPS) is 12.8. The van der Waals surface area contributed by atoms with E-state index >= 15 is 0 Å². The minimum Gasteiger partial charge on any atom is -0.454 e. The first-order valence-corrected chi connectivity index (χ1v) is 12.0. The van der Waals surface area contributed by atoms with Crippen LogP contribution in [-0.2, 0) is 24.3 Å². The Balaban J connectivity index is 1.44. The van der Waals surface area contributed by atoms with Gasteiger partial charge in [0.15, 0.2) is 11.5 Å².